The molecule has 6 nitrogen and oxygen atoms in total. The number of nitrogens with zero attached hydrogens (tertiary/aromatic N) is 1. The highest BCUT2D eigenvalue weighted by atomic mass is 16.5. The standard InChI is InChI=1S/C23H23N3O3/c27-23(17-13-18(15-24-14-17)25-16-20-9-6-12-28-20)26-21-10-4-5-11-22(21)29-19-7-2-1-3-8-19/h1-5,7-8,10-11,13-15,20,25H,6,9,12,16H2,(H,26,27). The van der Waals surface area contributed by atoms with Crippen molar-refractivity contribution < 1.29 is 14.3 Å². The molecule has 1 aliphatic rings. The summed E-state index contributed by atoms with van der Waals surface area (Å²) in [5.41, 5.74) is 1.86. The zero-order chi connectivity index (χ0) is 19.9. The Morgan fingerprint density at radius 1 is 1.10 bits per heavy atom. The van der Waals surface area contributed by atoms with Gasteiger partial charge in [-0.25, -0.2) is 0 Å². The number of carbonyl (C=O) groups is 1. The second-order valence-corrected chi connectivity index (χ2v) is 6.84. The van der Waals surface area contributed by atoms with Gasteiger partial charge in [0, 0.05) is 25.5 Å². The van der Waals surface area contributed by atoms with Crippen molar-refractivity contribution in [2.45, 2.75) is 18.9 Å². The summed E-state index contributed by atoms with van der Waals surface area (Å²) in [7, 11) is 0. The number of hydrogen-bond acceptors (Lipinski definition) is 5. The maximum absolute atomic E-state index is 12.8. The molecule has 0 bridgehead atoms. The second-order valence-electron chi connectivity index (χ2n) is 6.84. The van der Waals surface area contributed by atoms with E-state index in [1.54, 1.807) is 18.5 Å². The third-order valence-corrected chi connectivity index (χ3v) is 4.66. The monoisotopic (exact) mass is 389 g/mol. The first-order valence-electron chi connectivity index (χ1n) is 9.72. The summed E-state index contributed by atoms with van der Waals surface area (Å²) in [6, 6.07) is 18.6. The lowest BCUT2D eigenvalue weighted by Gasteiger charge is -2.14. The van der Waals surface area contributed by atoms with E-state index in [2.05, 4.69) is 15.6 Å². The summed E-state index contributed by atoms with van der Waals surface area (Å²) in [5.74, 6) is 1.03. The molecule has 1 aliphatic heterocycles. The van der Waals surface area contributed by atoms with Crippen LogP contribution < -0.4 is 15.4 Å². The number of benzene rings is 2. The summed E-state index contributed by atoms with van der Waals surface area (Å²) in [4.78, 5) is 17.0. The molecule has 0 spiro atoms. The fraction of sp³-hybridized carbons (Fsp3) is 0.217. The Morgan fingerprint density at radius 2 is 1.93 bits per heavy atom. The van der Waals surface area contributed by atoms with Gasteiger partial charge in [-0.15, -0.1) is 0 Å². The fourth-order valence-electron chi connectivity index (χ4n) is 3.17. The minimum absolute atomic E-state index is 0.217. The molecule has 6 heteroatoms. The zero-order valence-electron chi connectivity index (χ0n) is 16.0. The normalized spacial score (nSPS) is 15.7. The number of para-hydroxylation sites is 3. The van der Waals surface area contributed by atoms with E-state index in [1.807, 2.05) is 54.6 Å². The highest BCUT2D eigenvalue weighted by Gasteiger charge is 2.16. The number of pyridine rings is 1. The van der Waals surface area contributed by atoms with Crippen LogP contribution in [0.1, 0.15) is 23.2 Å². The van der Waals surface area contributed by atoms with Crippen molar-refractivity contribution in [1.29, 1.82) is 0 Å². The molecule has 1 saturated heterocycles. The van der Waals surface area contributed by atoms with Gasteiger partial charge in [0.15, 0.2) is 5.75 Å². The Balaban J connectivity index is 1.43. The molecular formula is C23H23N3O3. The van der Waals surface area contributed by atoms with Crippen molar-refractivity contribution >= 4 is 17.3 Å². The minimum Gasteiger partial charge on any atom is -0.455 e. The van der Waals surface area contributed by atoms with E-state index in [4.69, 9.17) is 9.47 Å². The number of nitrogens with one attached hydrogen (secondary N) is 2. The van der Waals surface area contributed by atoms with E-state index in [9.17, 15) is 4.79 Å². The molecule has 1 aromatic heterocycles. The quantitative estimate of drug-likeness (QED) is 0.612. The fourth-order valence-corrected chi connectivity index (χ4v) is 3.17. The third-order valence-electron chi connectivity index (χ3n) is 4.66. The largest absolute Gasteiger partial charge is 0.455 e. The Bertz CT molecular complexity index is 956. The van der Waals surface area contributed by atoms with Crippen molar-refractivity contribution in [3.63, 3.8) is 0 Å². The third kappa shape index (κ3) is 5.12. The molecule has 0 saturated carbocycles. The molecule has 1 unspecified atom stereocenters. The van der Waals surface area contributed by atoms with Crippen molar-refractivity contribution in [3.05, 3.63) is 78.6 Å². The number of carbonyl (C=O) groups excluding carboxylic acids is 1. The molecule has 0 aliphatic carbocycles. The number of hydrogen-bond donors (Lipinski definition) is 2. The van der Waals surface area contributed by atoms with Gasteiger partial charge < -0.3 is 20.1 Å². The lowest BCUT2D eigenvalue weighted by Crippen LogP contribution is -2.19. The van der Waals surface area contributed by atoms with Crippen LogP contribution in [0.25, 0.3) is 0 Å². The SMILES string of the molecule is O=C(Nc1ccccc1Oc1ccccc1)c1cncc(NCC2CCCO2)c1. The van der Waals surface area contributed by atoms with Gasteiger partial charge in [-0.05, 0) is 43.2 Å². The van der Waals surface area contributed by atoms with Crippen LogP contribution >= 0.6 is 0 Å². The Hall–Kier alpha value is -3.38. The first-order chi connectivity index (χ1) is 14.3. The predicted octanol–water partition coefficient (Wildman–Crippen LogP) is 4.72. The lowest BCUT2D eigenvalue weighted by molar-refractivity contribution is 0.102. The van der Waals surface area contributed by atoms with Crippen LogP contribution in [0, 0.1) is 0 Å². The molecule has 2 heterocycles. The van der Waals surface area contributed by atoms with E-state index in [1.165, 1.54) is 0 Å². The van der Waals surface area contributed by atoms with Gasteiger partial charge in [-0.3, -0.25) is 9.78 Å². The first-order valence-corrected chi connectivity index (χ1v) is 9.72. The van der Waals surface area contributed by atoms with Crippen LogP contribution in [0.5, 0.6) is 11.5 Å². The summed E-state index contributed by atoms with van der Waals surface area (Å²) in [6.45, 7) is 1.53. The molecule has 29 heavy (non-hydrogen) atoms. The highest BCUT2D eigenvalue weighted by molar-refractivity contribution is 6.05. The van der Waals surface area contributed by atoms with Gasteiger partial charge >= 0.3 is 0 Å². The molecule has 148 valence electrons. The Morgan fingerprint density at radius 3 is 2.76 bits per heavy atom. The molecule has 1 fully saturated rings. The second kappa shape index (κ2) is 9.21. The number of ether oxygens (including phenoxy) is 2. The van der Waals surface area contributed by atoms with Gasteiger partial charge in [0.1, 0.15) is 5.75 Å². The molecule has 2 N–H and O–H groups in total. The maximum Gasteiger partial charge on any atom is 0.257 e. The van der Waals surface area contributed by atoms with Crippen LogP contribution in [0.3, 0.4) is 0 Å². The Labute approximate surface area is 169 Å². The smallest absolute Gasteiger partial charge is 0.257 e. The molecular weight excluding hydrogens is 366 g/mol. The van der Waals surface area contributed by atoms with E-state index in [-0.39, 0.29) is 12.0 Å². The Kier molecular flexibility index (Phi) is 6.02. The minimum atomic E-state index is -0.248. The average molecular weight is 389 g/mol. The van der Waals surface area contributed by atoms with E-state index in [0.29, 0.717) is 29.3 Å². The van der Waals surface area contributed by atoms with Crippen molar-refractivity contribution in [2.75, 3.05) is 23.8 Å². The van der Waals surface area contributed by atoms with E-state index < -0.39 is 0 Å². The van der Waals surface area contributed by atoms with E-state index in [0.717, 1.165) is 25.1 Å². The van der Waals surface area contributed by atoms with Gasteiger partial charge in [-0.2, -0.15) is 0 Å². The number of aromatic nitrogens is 1. The van der Waals surface area contributed by atoms with Crippen molar-refractivity contribution in [1.82, 2.24) is 4.98 Å². The number of amides is 1. The summed E-state index contributed by atoms with van der Waals surface area (Å²) >= 11 is 0. The number of anilines is 2. The van der Waals surface area contributed by atoms with Gasteiger partial charge in [0.2, 0.25) is 0 Å². The van der Waals surface area contributed by atoms with Crippen LogP contribution in [0.4, 0.5) is 11.4 Å². The maximum atomic E-state index is 12.8. The van der Waals surface area contributed by atoms with Crippen molar-refractivity contribution in [2.24, 2.45) is 0 Å². The zero-order valence-corrected chi connectivity index (χ0v) is 16.0. The van der Waals surface area contributed by atoms with Crippen LogP contribution in [0.15, 0.2) is 73.1 Å². The average Bonchev–Trinajstić information content (AvgIpc) is 3.28. The number of rotatable bonds is 7. The van der Waals surface area contributed by atoms with Crippen LogP contribution in [0.2, 0.25) is 0 Å². The highest BCUT2D eigenvalue weighted by Crippen LogP contribution is 2.29. The first kappa shape index (κ1) is 19.0. The molecule has 0 radical (unpaired) electrons. The summed E-state index contributed by atoms with van der Waals surface area (Å²) in [6.07, 6.45) is 5.62. The molecule has 4 rings (SSSR count). The molecule has 1 atom stereocenters. The van der Waals surface area contributed by atoms with Crippen LogP contribution in [-0.2, 0) is 4.74 Å². The summed E-state index contributed by atoms with van der Waals surface area (Å²) < 4.78 is 11.5. The molecule has 1 amide bonds. The van der Waals surface area contributed by atoms with Gasteiger partial charge in [0.25, 0.3) is 5.91 Å². The predicted molar refractivity (Wildman–Crippen MR) is 113 cm³/mol. The topological polar surface area (TPSA) is 72.5 Å². The summed E-state index contributed by atoms with van der Waals surface area (Å²) in [5, 5.41) is 6.21. The van der Waals surface area contributed by atoms with Crippen LogP contribution in [-0.4, -0.2) is 30.1 Å². The van der Waals surface area contributed by atoms with Gasteiger partial charge in [0.05, 0.1) is 23.0 Å². The molecule has 2 aromatic carbocycles. The van der Waals surface area contributed by atoms with Crippen molar-refractivity contribution in [3.8, 4) is 11.5 Å². The van der Waals surface area contributed by atoms with Gasteiger partial charge in [-0.1, -0.05) is 30.3 Å². The molecule has 3 aromatic rings. The lowest BCUT2D eigenvalue weighted by atomic mass is 10.2. The van der Waals surface area contributed by atoms with E-state index >= 15 is 0 Å².